The Morgan fingerprint density at radius 3 is 2.78 bits per heavy atom. The number of hydrogen-bond donors (Lipinski definition) is 1. The Hall–Kier alpha value is -1.06. The fraction of sp³-hybridized carbons (Fsp3) is 0.550. The lowest BCUT2D eigenvalue weighted by molar-refractivity contribution is 0.124. The number of rotatable bonds is 5. The van der Waals surface area contributed by atoms with E-state index in [9.17, 15) is 0 Å². The van der Waals surface area contributed by atoms with Crippen LogP contribution in [0.1, 0.15) is 29.5 Å². The van der Waals surface area contributed by atoms with Gasteiger partial charge in [0.2, 0.25) is 0 Å². The molecule has 1 aliphatic heterocycles. The Bertz CT molecular complexity index is 712. The van der Waals surface area contributed by atoms with E-state index in [2.05, 4.69) is 81.7 Å². The summed E-state index contributed by atoms with van der Waals surface area (Å²) in [6, 6.07) is 9.20. The summed E-state index contributed by atoms with van der Waals surface area (Å²) in [5.74, 6) is 1.57. The highest BCUT2D eigenvalue weighted by Crippen LogP contribution is 2.36. The van der Waals surface area contributed by atoms with E-state index in [4.69, 9.17) is 0 Å². The highest BCUT2D eigenvalue weighted by molar-refractivity contribution is 14.0. The molecule has 0 aliphatic carbocycles. The fourth-order valence-corrected chi connectivity index (χ4v) is 4.95. The zero-order valence-electron chi connectivity index (χ0n) is 16.8. The number of guanidine groups is 1. The van der Waals surface area contributed by atoms with Gasteiger partial charge in [-0.3, -0.25) is 9.89 Å². The van der Waals surface area contributed by atoms with Crippen molar-refractivity contribution in [2.45, 2.75) is 25.4 Å². The zero-order chi connectivity index (χ0) is 18.5. The van der Waals surface area contributed by atoms with Crippen LogP contribution >= 0.6 is 35.3 Å². The number of aryl methyl sites for hydroxylation is 1. The Kier molecular flexibility index (Phi) is 8.62. The lowest BCUT2D eigenvalue weighted by Gasteiger charge is -2.39. The highest BCUT2D eigenvalue weighted by atomic mass is 127. The molecule has 0 aromatic carbocycles. The first kappa shape index (κ1) is 22.2. The van der Waals surface area contributed by atoms with Gasteiger partial charge in [-0.2, -0.15) is 0 Å². The number of thiophene rings is 1. The van der Waals surface area contributed by atoms with Gasteiger partial charge in [0.1, 0.15) is 0 Å². The maximum Gasteiger partial charge on any atom is 0.193 e. The van der Waals surface area contributed by atoms with Crippen molar-refractivity contribution >= 4 is 41.3 Å². The van der Waals surface area contributed by atoms with Crippen LogP contribution < -0.4 is 5.32 Å². The van der Waals surface area contributed by atoms with Crippen molar-refractivity contribution in [2.24, 2.45) is 18.0 Å². The van der Waals surface area contributed by atoms with E-state index in [1.165, 1.54) is 30.0 Å². The van der Waals surface area contributed by atoms with Gasteiger partial charge in [0.05, 0.1) is 6.54 Å². The van der Waals surface area contributed by atoms with Crippen molar-refractivity contribution in [2.75, 3.05) is 34.2 Å². The summed E-state index contributed by atoms with van der Waals surface area (Å²) >= 11 is 1.87. The molecule has 2 aromatic heterocycles. The van der Waals surface area contributed by atoms with E-state index in [0.29, 0.717) is 12.0 Å². The van der Waals surface area contributed by atoms with Crippen LogP contribution in [0, 0.1) is 5.92 Å². The minimum Gasteiger partial charge on any atom is -0.356 e. The summed E-state index contributed by atoms with van der Waals surface area (Å²) in [4.78, 5) is 10.7. The van der Waals surface area contributed by atoms with Crippen LogP contribution in [0.2, 0.25) is 0 Å². The number of likely N-dealkylation sites (tertiary alicyclic amines) is 1. The van der Waals surface area contributed by atoms with Gasteiger partial charge in [-0.05, 0) is 55.9 Å². The molecule has 3 rings (SSSR count). The van der Waals surface area contributed by atoms with Gasteiger partial charge < -0.3 is 14.8 Å². The molecule has 1 aliphatic rings. The smallest absolute Gasteiger partial charge is 0.193 e. The number of nitrogens with one attached hydrogen (secondary N) is 1. The lowest BCUT2D eigenvalue weighted by atomic mass is 9.88. The van der Waals surface area contributed by atoms with Crippen molar-refractivity contribution < 1.29 is 0 Å². The van der Waals surface area contributed by atoms with Crippen LogP contribution in [0.4, 0.5) is 0 Å². The standard InChI is InChI=1S/C20H31N5S.HI/c1-21-20(25(4)15-17-9-6-11-23(17)2)22-14-16-8-5-12-24(3)19(16)18-10-7-13-26-18;/h6-7,9-11,13,16,19H,5,8,12,14-15H2,1-4H3,(H,21,22);1H. The Balaban J connectivity index is 0.00000261. The molecule has 1 N–H and O–H groups in total. The van der Waals surface area contributed by atoms with Gasteiger partial charge >= 0.3 is 0 Å². The molecule has 5 nitrogen and oxygen atoms in total. The average Bonchev–Trinajstić information content (AvgIpc) is 3.28. The lowest BCUT2D eigenvalue weighted by Crippen LogP contribution is -2.45. The van der Waals surface area contributed by atoms with E-state index in [1.54, 1.807) is 0 Å². The van der Waals surface area contributed by atoms with Crippen LogP contribution in [0.5, 0.6) is 0 Å². The van der Waals surface area contributed by atoms with Crippen LogP contribution in [0.25, 0.3) is 0 Å². The molecule has 27 heavy (non-hydrogen) atoms. The topological polar surface area (TPSA) is 35.8 Å². The van der Waals surface area contributed by atoms with Crippen LogP contribution in [-0.2, 0) is 13.6 Å². The third-order valence-electron chi connectivity index (χ3n) is 5.39. The molecule has 2 aromatic rings. The summed E-state index contributed by atoms with van der Waals surface area (Å²) in [7, 11) is 8.31. The van der Waals surface area contributed by atoms with Gasteiger partial charge in [-0.25, -0.2) is 0 Å². The largest absolute Gasteiger partial charge is 0.356 e. The number of aromatic nitrogens is 1. The number of halogens is 1. The zero-order valence-corrected chi connectivity index (χ0v) is 19.9. The molecule has 0 spiro atoms. The van der Waals surface area contributed by atoms with Crippen molar-refractivity contribution in [1.82, 2.24) is 19.7 Å². The number of hydrogen-bond acceptors (Lipinski definition) is 3. The predicted molar refractivity (Wildman–Crippen MR) is 126 cm³/mol. The minimum atomic E-state index is 0. The van der Waals surface area contributed by atoms with Gasteiger partial charge in [0.15, 0.2) is 5.96 Å². The van der Waals surface area contributed by atoms with Crippen LogP contribution in [-0.4, -0.2) is 54.6 Å². The Labute approximate surface area is 184 Å². The van der Waals surface area contributed by atoms with E-state index >= 15 is 0 Å². The molecular weight excluding hydrogens is 469 g/mol. The third-order valence-corrected chi connectivity index (χ3v) is 6.33. The number of nitrogens with zero attached hydrogens (tertiary/aromatic N) is 4. The molecule has 1 fully saturated rings. The Morgan fingerprint density at radius 2 is 2.15 bits per heavy atom. The second-order valence-corrected chi connectivity index (χ2v) is 8.22. The first-order chi connectivity index (χ1) is 12.6. The fourth-order valence-electron chi connectivity index (χ4n) is 3.97. The van der Waals surface area contributed by atoms with Crippen molar-refractivity contribution in [3.63, 3.8) is 0 Å². The second kappa shape index (κ2) is 10.5. The second-order valence-electron chi connectivity index (χ2n) is 7.24. The van der Waals surface area contributed by atoms with Crippen molar-refractivity contribution in [1.29, 1.82) is 0 Å². The molecule has 0 saturated carbocycles. The molecule has 2 atom stereocenters. The first-order valence-corrected chi connectivity index (χ1v) is 10.2. The summed E-state index contributed by atoms with van der Waals surface area (Å²) in [5, 5.41) is 5.82. The molecule has 150 valence electrons. The summed E-state index contributed by atoms with van der Waals surface area (Å²) < 4.78 is 2.16. The number of piperidine rings is 1. The minimum absolute atomic E-state index is 0. The highest BCUT2D eigenvalue weighted by Gasteiger charge is 2.31. The summed E-state index contributed by atoms with van der Waals surface area (Å²) in [6.07, 6.45) is 4.61. The third kappa shape index (κ3) is 5.48. The van der Waals surface area contributed by atoms with E-state index in [-0.39, 0.29) is 24.0 Å². The van der Waals surface area contributed by atoms with E-state index < -0.39 is 0 Å². The van der Waals surface area contributed by atoms with Crippen molar-refractivity contribution in [3.8, 4) is 0 Å². The quantitative estimate of drug-likeness (QED) is 0.385. The van der Waals surface area contributed by atoms with Gasteiger partial charge in [0.25, 0.3) is 0 Å². The van der Waals surface area contributed by atoms with E-state index in [1.807, 2.05) is 18.4 Å². The molecule has 2 unspecified atom stereocenters. The van der Waals surface area contributed by atoms with E-state index in [0.717, 1.165) is 19.0 Å². The molecular formula is C20H32IN5S. The number of aliphatic imine (C=N–C) groups is 1. The Morgan fingerprint density at radius 1 is 1.33 bits per heavy atom. The molecule has 0 amide bonds. The maximum atomic E-state index is 4.50. The monoisotopic (exact) mass is 501 g/mol. The van der Waals surface area contributed by atoms with Crippen LogP contribution in [0.3, 0.4) is 0 Å². The molecule has 0 radical (unpaired) electrons. The van der Waals surface area contributed by atoms with Crippen molar-refractivity contribution in [3.05, 3.63) is 46.4 Å². The van der Waals surface area contributed by atoms with Gasteiger partial charge in [-0.15, -0.1) is 35.3 Å². The predicted octanol–water partition coefficient (Wildman–Crippen LogP) is 3.79. The van der Waals surface area contributed by atoms with Crippen LogP contribution in [0.15, 0.2) is 40.8 Å². The molecule has 1 saturated heterocycles. The normalized spacial score (nSPS) is 21.0. The van der Waals surface area contributed by atoms with Gasteiger partial charge in [-0.1, -0.05) is 6.07 Å². The summed E-state index contributed by atoms with van der Waals surface area (Å²) in [5.41, 5.74) is 1.28. The maximum absolute atomic E-state index is 4.50. The molecule has 7 heteroatoms. The average molecular weight is 501 g/mol. The molecule has 0 bridgehead atoms. The summed E-state index contributed by atoms with van der Waals surface area (Å²) in [6.45, 7) is 2.99. The molecule has 3 heterocycles. The van der Waals surface area contributed by atoms with Gasteiger partial charge in [0, 0.05) is 50.5 Å². The first-order valence-electron chi connectivity index (χ1n) is 9.35. The SMILES string of the molecule is CN=C(NCC1CCCN(C)C1c1cccs1)N(C)Cc1cccn1C.I.